The highest BCUT2D eigenvalue weighted by Crippen LogP contribution is 2.12. The van der Waals surface area contributed by atoms with Gasteiger partial charge in [-0.15, -0.1) is 0 Å². The Kier molecular flexibility index (Phi) is 11.0. The van der Waals surface area contributed by atoms with E-state index in [1.807, 2.05) is 32.9 Å². The van der Waals surface area contributed by atoms with Crippen LogP contribution < -0.4 is 10.1 Å². The molecule has 0 aliphatic heterocycles. The first-order valence-corrected chi connectivity index (χ1v) is 9.21. The predicted molar refractivity (Wildman–Crippen MR) is 104 cm³/mol. The van der Waals surface area contributed by atoms with Crippen LogP contribution in [0.15, 0.2) is 24.3 Å². The highest BCUT2D eigenvalue weighted by Gasteiger charge is 2.15. The van der Waals surface area contributed by atoms with E-state index in [0.29, 0.717) is 45.3 Å². The third-order valence-corrected chi connectivity index (χ3v) is 3.28. The minimum Gasteiger partial charge on any atom is -0.491 e. The molecular weight excluding hydrogens is 366 g/mol. The van der Waals surface area contributed by atoms with Gasteiger partial charge in [0.05, 0.1) is 40.0 Å². The Morgan fingerprint density at radius 3 is 2.14 bits per heavy atom. The average Bonchev–Trinajstić information content (AvgIpc) is 2.63. The zero-order valence-electron chi connectivity index (χ0n) is 17.1. The van der Waals surface area contributed by atoms with Crippen LogP contribution in [-0.4, -0.2) is 64.4 Å². The zero-order valence-corrected chi connectivity index (χ0v) is 17.1. The van der Waals surface area contributed by atoms with Crippen molar-refractivity contribution in [3.8, 4) is 5.75 Å². The molecule has 1 rings (SSSR count). The van der Waals surface area contributed by atoms with E-state index in [2.05, 4.69) is 10.1 Å². The molecule has 0 saturated carbocycles. The third-order valence-electron chi connectivity index (χ3n) is 3.28. The number of alkyl carbamates (subject to hydrolysis) is 1. The van der Waals surface area contributed by atoms with Gasteiger partial charge < -0.3 is 29.0 Å². The molecule has 0 saturated heterocycles. The Hall–Kier alpha value is -2.32. The molecule has 8 heteroatoms. The van der Waals surface area contributed by atoms with E-state index in [0.717, 1.165) is 5.56 Å². The summed E-state index contributed by atoms with van der Waals surface area (Å²) < 4.78 is 26.1. The number of rotatable bonds is 12. The monoisotopic (exact) mass is 397 g/mol. The number of ether oxygens (including phenoxy) is 5. The molecule has 8 nitrogen and oxygen atoms in total. The highest BCUT2D eigenvalue weighted by molar-refractivity contribution is 5.72. The van der Waals surface area contributed by atoms with E-state index in [4.69, 9.17) is 18.9 Å². The average molecular weight is 397 g/mol. The van der Waals surface area contributed by atoms with Gasteiger partial charge in [-0.05, 0) is 38.5 Å². The molecule has 1 aromatic carbocycles. The Morgan fingerprint density at radius 2 is 1.54 bits per heavy atom. The summed E-state index contributed by atoms with van der Waals surface area (Å²) in [6, 6.07) is 7.26. The summed E-state index contributed by atoms with van der Waals surface area (Å²) in [7, 11) is 1.37. The van der Waals surface area contributed by atoms with Crippen LogP contribution in [0, 0.1) is 0 Å². The number of carbonyl (C=O) groups is 2. The van der Waals surface area contributed by atoms with Crippen LogP contribution in [0.5, 0.6) is 5.75 Å². The number of benzene rings is 1. The van der Waals surface area contributed by atoms with Gasteiger partial charge in [-0.2, -0.15) is 0 Å². The van der Waals surface area contributed by atoms with Gasteiger partial charge in [-0.3, -0.25) is 4.79 Å². The minimum atomic E-state index is -0.508. The summed E-state index contributed by atoms with van der Waals surface area (Å²) in [6.45, 7) is 7.91. The van der Waals surface area contributed by atoms with Crippen molar-refractivity contribution >= 4 is 12.1 Å². The number of hydrogen-bond donors (Lipinski definition) is 1. The van der Waals surface area contributed by atoms with Crippen LogP contribution >= 0.6 is 0 Å². The molecular formula is C20H31NO7. The van der Waals surface area contributed by atoms with E-state index in [-0.39, 0.29) is 12.4 Å². The normalized spacial score (nSPS) is 11.0. The molecule has 0 aromatic heterocycles. The molecule has 0 aliphatic rings. The molecule has 0 unspecified atom stereocenters. The number of amides is 1. The second-order valence-corrected chi connectivity index (χ2v) is 6.90. The first-order valence-electron chi connectivity index (χ1n) is 9.21. The van der Waals surface area contributed by atoms with Gasteiger partial charge in [0.25, 0.3) is 0 Å². The van der Waals surface area contributed by atoms with Crippen LogP contribution in [0.3, 0.4) is 0 Å². The molecule has 0 fully saturated rings. The molecule has 0 bridgehead atoms. The van der Waals surface area contributed by atoms with Crippen molar-refractivity contribution < 1.29 is 33.3 Å². The van der Waals surface area contributed by atoms with E-state index in [1.54, 1.807) is 12.1 Å². The summed E-state index contributed by atoms with van der Waals surface area (Å²) in [5.74, 6) is 0.437. The van der Waals surface area contributed by atoms with E-state index in [1.165, 1.54) is 7.11 Å². The summed E-state index contributed by atoms with van der Waals surface area (Å²) in [5.41, 5.74) is 0.361. The maximum atomic E-state index is 11.4. The number of nitrogens with one attached hydrogen (secondary N) is 1. The lowest BCUT2D eigenvalue weighted by atomic mass is 10.1. The Bertz CT molecular complexity index is 581. The van der Waals surface area contributed by atoms with Crippen molar-refractivity contribution in [1.29, 1.82) is 0 Å². The maximum Gasteiger partial charge on any atom is 0.407 e. The molecule has 0 spiro atoms. The van der Waals surface area contributed by atoms with Gasteiger partial charge in [0.2, 0.25) is 0 Å². The van der Waals surface area contributed by atoms with Crippen molar-refractivity contribution in [2.45, 2.75) is 32.8 Å². The lowest BCUT2D eigenvalue weighted by Gasteiger charge is -2.19. The first-order chi connectivity index (χ1) is 13.3. The van der Waals surface area contributed by atoms with Crippen LogP contribution in [-0.2, 0) is 30.2 Å². The third kappa shape index (κ3) is 12.1. The van der Waals surface area contributed by atoms with Crippen LogP contribution in [0.25, 0.3) is 0 Å². The molecule has 1 amide bonds. The quantitative estimate of drug-likeness (QED) is 0.427. The molecule has 28 heavy (non-hydrogen) atoms. The Balaban J connectivity index is 1.98. The van der Waals surface area contributed by atoms with E-state index >= 15 is 0 Å². The van der Waals surface area contributed by atoms with Crippen molar-refractivity contribution in [2.24, 2.45) is 0 Å². The number of esters is 1. The number of methoxy groups -OCH3 is 1. The second-order valence-electron chi connectivity index (χ2n) is 6.90. The van der Waals surface area contributed by atoms with Crippen LogP contribution in [0.4, 0.5) is 4.79 Å². The van der Waals surface area contributed by atoms with Gasteiger partial charge in [0.15, 0.2) is 0 Å². The topological polar surface area (TPSA) is 92.3 Å². The van der Waals surface area contributed by atoms with Crippen LogP contribution in [0.1, 0.15) is 26.3 Å². The molecule has 1 N–H and O–H groups in total. The molecule has 0 aliphatic carbocycles. The van der Waals surface area contributed by atoms with Gasteiger partial charge in [-0.25, -0.2) is 4.79 Å². The largest absolute Gasteiger partial charge is 0.491 e. The molecule has 0 radical (unpaired) electrons. The number of carbonyl (C=O) groups excluding carboxylic acids is 2. The standard InChI is InChI=1S/C20H31NO7/c1-20(2,3)28-19(23)21-9-10-25-11-12-26-13-14-27-17-7-5-16(6-8-17)15-18(22)24-4/h5-8H,9-15H2,1-4H3,(H,21,23). The molecule has 158 valence electrons. The van der Waals surface area contributed by atoms with Crippen molar-refractivity contribution in [2.75, 3.05) is 46.7 Å². The highest BCUT2D eigenvalue weighted by atomic mass is 16.6. The van der Waals surface area contributed by atoms with Gasteiger partial charge in [0, 0.05) is 6.54 Å². The Labute approximate surface area is 166 Å². The summed E-state index contributed by atoms with van der Waals surface area (Å²) in [4.78, 5) is 22.6. The predicted octanol–water partition coefficient (Wildman–Crippen LogP) is 2.34. The zero-order chi connectivity index (χ0) is 20.8. The summed E-state index contributed by atoms with van der Waals surface area (Å²) >= 11 is 0. The SMILES string of the molecule is COC(=O)Cc1ccc(OCCOCCOCCNC(=O)OC(C)(C)C)cc1. The summed E-state index contributed by atoms with van der Waals surface area (Å²) in [5, 5.41) is 2.61. The first kappa shape index (κ1) is 23.7. The maximum absolute atomic E-state index is 11.4. The van der Waals surface area contributed by atoms with Crippen molar-refractivity contribution in [3.05, 3.63) is 29.8 Å². The second kappa shape index (κ2) is 13.0. The summed E-state index contributed by atoms with van der Waals surface area (Å²) in [6.07, 6.45) is -0.212. The smallest absolute Gasteiger partial charge is 0.407 e. The van der Waals surface area contributed by atoms with Gasteiger partial charge in [-0.1, -0.05) is 12.1 Å². The Morgan fingerprint density at radius 1 is 0.929 bits per heavy atom. The minimum absolute atomic E-state index is 0.243. The van der Waals surface area contributed by atoms with Gasteiger partial charge in [0.1, 0.15) is 18.0 Å². The lowest BCUT2D eigenvalue weighted by molar-refractivity contribution is -0.139. The van der Waals surface area contributed by atoms with Crippen molar-refractivity contribution in [3.63, 3.8) is 0 Å². The fraction of sp³-hybridized carbons (Fsp3) is 0.600. The van der Waals surface area contributed by atoms with Gasteiger partial charge >= 0.3 is 12.1 Å². The van der Waals surface area contributed by atoms with E-state index in [9.17, 15) is 9.59 Å². The number of hydrogen-bond acceptors (Lipinski definition) is 7. The molecule has 0 atom stereocenters. The fourth-order valence-electron chi connectivity index (χ4n) is 2.02. The fourth-order valence-corrected chi connectivity index (χ4v) is 2.02. The van der Waals surface area contributed by atoms with Crippen LogP contribution in [0.2, 0.25) is 0 Å². The molecule has 0 heterocycles. The molecule has 1 aromatic rings. The van der Waals surface area contributed by atoms with Crippen molar-refractivity contribution in [1.82, 2.24) is 5.32 Å². The van der Waals surface area contributed by atoms with E-state index < -0.39 is 11.7 Å². The lowest BCUT2D eigenvalue weighted by Crippen LogP contribution is -2.34.